The first-order valence-electron chi connectivity index (χ1n) is 5.21. The molecular formula is C10H15N3O2. The van der Waals surface area contributed by atoms with E-state index < -0.39 is 0 Å². The van der Waals surface area contributed by atoms with Crippen LogP contribution in [0.4, 0.5) is 5.82 Å². The van der Waals surface area contributed by atoms with Gasteiger partial charge in [0.05, 0.1) is 0 Å². The zero-order chi connectivity index (χ0) is 10.5. The van der Waals surface area contributed by atoms with Gasteiger partial charge in [0, 0.05) is 32.2 Å². The third-order valence-electron chi connectivity index (χ3n) is 2.58. The molecule has 1 aromatic heterocycles. The minimum atomic E-state index is -0.167. The van der Waals surface area contributed by atoms with Gasteiger partial charge in [0.1, 0.15) is 0 Å². The van der Waals surface area contributed by atoms with E-state index in [4.69, 9.17) is 4.74 Å². The summed E-state index contributed by atoms with van der Waals surface area (Å²) in [5, 5.41) is 3.03. The van der Waals surface area contributed by atoms with Crippen molar-refractivity contribution >= 4 is 5.82 Å². The summed E-state index contributed by atoms with van der Waals surface area (Å²) in [6.45, 7) is 2.49. The van der Waals surface area contributed by atoms with Crippen LogP contribution in [0.1, 0.15) is 12.8 Å². The molecule has 0 saturated carbocycles. The van der Waals surface area contributed by atoms with E-state index in [2.05, 4.69) is 15.3 Å². The Hall–Kier alpha value is -1.36. The van der Waals surface area contributed by atoms with Gasteiger partial charge >= 0.3 is 0 Å². The fourth-order valence-corrected chi connectivity index (χ4v) is 1.68. The van der Waals surface area contributed by atoms with Crippen molar-refractivity contribution < 1.29 is 4.74 Å². The lowest BCUT2D eigenvalue weighted by Crippen LogP contribution is -2.17. The van der Waals surface area contributed by atoms with Gasteiger partial charge in [-0.1, -0.05) is 0 Å². The van der Waals surface area contributed by atoms with Crippen molar-refractivity contribution in [2.45, 2.75) is 12.8 Å². The molecule has 1 saturated heterocycles. The molecule has 1 aliphatic heterocycles. The van der Waals surface area contributed by atoms with Gasteiger partial charge in [-0.05, 0) is 18.8 Å². The lowest BCUT2D eigenvalue weighted by Gasteiger charge is -2.07. The van der Waals surface area contributed by atoms with Crippen LogP contribution < -0.4 is 10.9 Å². The van der Waals surface area contributed by atoms with Crippen molar-refractivity contribution in [2.75, 3.05) is 25.1 Å². The van der Waals surface area contributed by atoms with Crippen molar-refractivity contribution in [3.8, 4) is 0 Å². The number of H-pyrrole nitrogens is 1. The van der Waals surface area contributed by atoms with Crippen LogP contribution >= 0.6 is 0 Å². The quantitative estimate of drug-likeness (QED) is 0.762. The summed E-state index contributed by atoms with van der Waals surface area (Å²) in [6.07, 6.45) is 5.25. The van der Waals surface area contributed by atoms with Gasteiger partial charge in [0.25, 0.3) is 5.56 Å². The molecule has 1 aliphatic rings. The predicted molar refractivity (Wildman–Crippen MR) is 56.9 cm³/mol. The Kier molecular flexibility index (Phi) is 3.34. The van der Waals surface area contributed by atoms with Crippen LogP contribution in [0.25, 0.3) is 0 Å². The third kappa shape index (κ3) is 2.79. The minimum Gasteiger partial charge on any atom is -0.381 e. The van der Waals surface area contributed by atoms with Crippen LogP contribution in [0.3, 0.4) is 0 Å². The molecule has 0 aliphatic carbocycles. The average Bonchev–Trinajstić information content (AvgIpc) is 2.74. The van der Waals surface area contributed by atoms with Gasteiger partial charge in [-0.25, -0.2) is 4.98 Å². The minimum absolute atomic E-state index is 0.167. The third-order valence-corrected chi connectivity index (χ3v) is 2.58. The maximum Gasteiger partial charge on any atom is 0.290 e. The number of nitrogens with one attached hydrogen (secondary N) is 2. The van der Waals surface area contributed by atoms with E-state index >= 15 is 0 Å². The number of nitrogens with zero attached hydrogens (tertiary/aromatic N) is 1. The molecule has 0 radical (unpaired) electrons. The molecule has 1 fully saturated rings. The zero-order valence-electron chi connectivity index (χ0n) is 8.53. The first-order chi connectivity index (χ1) is 7.36. The normalized spacial score (nSPS) is 20.4. The van der Waals surface area contributed by atoms with E-state index in [1.54, 1.807) is 6.20 Å². The van der Waals surface area contributed by atoms with Gasteiger partial charge in [-0.2, -0.15) is 0 Å². The zero-order valence-corrected chi connectivity index (χ0v) is 8.53. The van der Waals surface area contributed by atoms with Crippen LogP contribution in [0.2, 0.25) is 0 Å². The van der Waals surface area contributed by atoms with Crippen LogP contribution in [-0.4, -0.2) is 29.7 Å². The average molecular weight is 209 g/mol. The second-order valence-corrected chi connectivity index (χ2v) is 3.71. The number of hydrogen-bond acceptors (Lipinski definition) is 4. The summed E-state index contributed by atoms with van der Waals surface area (Å²) in [7, 11) is 0. The molecule has 82 valence electrons. The van der Waals surface area contributed by atoms with E-state index in [0.29, 0.717) is 11.7 Å². The molecule has 2 heterocycles. The van der Waals surface area contributed by atoms with Gasteiger partial charge in [0.15, 0.2) is 5.82 Å². The highest BCUT2D eigenvalue weighted by atomic mass is 16.5. The summed E-state index contributed by atoms with van der Waals surface area (Å²) >= 11 is 0. The van der Waals surface area contributed by atoms with Crippen molar-refractivity contribution in [2.24, 2.45) is 5.92 Å². The molecule has 1 aromatic rings. The standard InChI is InChI=1S/C10H15N3O2/c14-10-9(12-4-5-13-10)11-3-1-8-2-6-15-7-8/h4-5,8H,1-3,6-7H2,(H,11,12)(H,13,14). The second-order valence-electron chi connectivity index (χ2n) is 3.71. The molecule has 15 heavy (non-hydrogen) atoms. The van der Waals surface area contributed by atoms with Crippen molar-refractivity contribution in [3.63, 3.8) is 0 Å². The maximum atomic E-state index is 11.2. The summed E-state index contributed by atoms with van der Waals surface area (Å²) < 4.78 is 5.27. The van der Waals surface area contributed by atoms with E-state index in [0.717, 1.165) is 32.6 Å². The van der Waals surface area contributed by atoms with Gasteiger partial charge in [-0.15, -0.1) is 0 Å². The topological polar surface area (TPSA) is 67.0 Å². The molecule has 2 rings (SSSR count). The Morgan fingerprint density at radius 2 is 2.60 bits per heavy atom. The highest BCUT2D eigenvalue weighted by molar-refractivity contribution is 5.29. The molecule has 2 N–H and O–H groups in total. The monoisotopic (exact) mass is 209 g/mol. The lowest BCUT2D eigenvalue weighted by molar-refractivity contribution is 0.185. The van der Waals surface area contributed by atoms with Crippen LogP contribution in [-0.2, 0) is 4.74 Å². The number of hydrogen-bond donors (Lipinski definition) is 2. The Balaban J connectivity index is 1.78. The van der Waals surface area contributed by atoms with Crippen LogP contribution in [0.5, 0.6) is 0 Å². The number of aromatic nitrogens is 2. The highest BCUT2D eigenvalue weighted by Gasteiger charge is 2.14. The van der Waals surface area contributed by atoms with Gasteiger partial charge in [-0.3, -0.25) is 4.79 Å². The molecule has 5 nitrogen and oxygen atoms in total. The van der Waals surface area contributed by atoms with Gasteiger partial charge < -0.3 is 15.0 Å². The Bertz CT molecular complexity index is 358. The largest absolute Gasteiger partial charge is 0.381 e. The smallest absolute Gasteiger partial charge is 0.290 e. The summed E-state index contributed by atoms with van der Waals surface area (Å²) in [6, 6.07) is 0. The first-order valence-corrected chi connectivity index (χ1v) is 5.21. The number of anilines is 1. The Labute approximate surface area is 87.9 Å². The lowest BCUT2D eigenvalue weighted by atomic mass is 10.1. The van der Waals surface area contributed by atoms with E-state index in [-0.39, 0.29) is 5.56 Å². The van der Waals surface area contributed by atoms with E-state index in [1.165, 1.54) is 6.20 Å². The fraction of sp³-hybridized carbons (Fsp3) is 0.600. The molecule has 0 spiro atoms. The SMILES string of the molecule is O=c1[nH]ccnc1NCCC1CCOC1. The molecule has 5 heteroatoms. The molecule has 1 unspecified atom stereocenters. The predicted octanol–water partition coefficient (Wildman–Crippen LogP) is 0.608. The van der Waals surface area contributed by atoms with Crippen molar-refractivity contribution in [1.29, 1.82) is 0 Å². The maximum absolute atomic E-state index is 11.2. The number of aromatic amines is 1. The molecule has 0 bridgehead atoms. The van der Waals surface area contributed by atoms with E-state index in [9.17, 15) is 4.79 Å². The molecule has 0 amide bonds. The van der Waals surface area contributed by atoms with Crippen LogP contribution in [0, 0.1) is 5.92 Å². The van der Waals surface area contributed by atoms with E-state index in [1.807, 2.05) is 0 Å². The van der Waals surface area contributed by atoms with Gasteiger partial charge in [0.2, 0.25) is 0 Å². The second kappa shape index (κ2) is 4.93. The highest BCUT2D eigenvalue weighted by Crippen LogP contribution is 2.15. The summed E-state index contributed by atoms with van der Waals surface area (Å²) in [4.78, 5) is 17.8. The first kappa shape index (κ1) is 10.2. The van der Waals surface area contributed by atoms with Crippen LogP contribution in [0.15, 0.2) is 17.2 Å². The van der Waals surface area contributed by atoms with Crippen molar-refractivity contribution in [1.82, 2.24) is 9.97 Å². The molecule has 0 aromatic carbocycles. The molecule has 1 atom stereocenters. The Morgan fingerprint density at radius 3 is 3.33 bits per heavy atom. The Morgan fingerprint density at radius 1 is 1.67 bits per heavy atom. The summed E-state index contributed by atoms with van der Waals surface area (Å²) in [5.74, 6) is 1.02. The molecular weight excluding hydrogens is 194 g/mol. The van der Waals surface area contributed by atoms with Crippen molar-refractivity contribution in [3.05, 3.63) is 22.7 Å². The number of ether oxygens (including phenoxy) is 1. The number of rotatable bonds is 4. The fourth-order valence-electron chi connectivity index (χ4n) is 1.68. The summed E-state index contributed by atoms with van der Waals surface area (Å²) in [5.41, 5.74) is -0.167.